The minimum absolute atomic E-state index is 0.189. The van der Waals surface area contributed by atoms with E-state index in [-0.39, 0.29) is 11.5 Å². The van der Waals surface area contributed by atoms with Gasteiger partial charge in [-0.1, -0.05) is 19.9 Å². The summed E-state index contributed by atoms with van der Waals surface area (Å²) in [6.45, 7) is 3.34. The molecule has 2 aromatic rings. The van der Waals surface area contributed by atoms with Crippen LogP contribution in [0.3, 0.4) is 0 Å². The first-order chi connectivity index (χ1) is 9.91. The van der Waals surface area contributed by atoms with Crippen molar-refractivity contribution in [2.75, 3.05) is 0 Å². The molecule has 7 heteroatoms. The number of pyridine rings is 1. The first-order valence-corrected chi connectivity index (χ1v) is 6.42. The average molecular weight is 289 g/mol. The Morgan fingerprint density at radius 2 is 2.05 bits per heavy atom. The van der Waals surface area contributed by atoms with Crippen molar-refractivity contribution in [1.29, 1.82) is 0 Å². The van der Waals surface area contributed by atoms with Gasteiger partial charge in [-0.15, -0.1) is 0 Å². The Morgan fingerprint density at radius 3 is 2.67 bits per heavy atom. The van der Waals surface area contributed by atoms with Crippen molar-refractivity contribution in [1.82, 2.24) is 14.7 Å². The Balaban J connectivity index is 2.38. The first kappa shape index (κ1) is 14.7. The Morgan fingerprint density at radius 1 is 1.33 bits per heavy atom. The number of carboxylic acids is 1. The first-order valence-electron chi connectivity index (χ1n) is 6.42. The molecule has 0 aromatic carbocycles. The summed E-state index contributed by atoms with van der Waals surface area (Å²) in [6, 6.07) is 3.94. The van der Waals surface area contributed by atoms with E-state index in [4.69, 9.17) is 5.11 Å². The van der Waals surface area contributed by atoms with Gasteiger partial charge in [-0.3, -0.25) is 14.0 Å². The fourth-order valence-corrected chi connectivity index (χ4v) is 1.91. The number of carbonyl (C=O) groups is 2. The van der Waals surface area contributed by atoms with Crippen molar-refractivity contribution in [2.45, 2.75) is 19.9 Å². The van der Waals surface area contributed by atoms with Crippen LogP contribution in [0.2, 0.25) is 0 Å². The summed E-state index contributed by atoms with van der Waals surface area (Å²) in [5.41, 5.74) is -0.311. The van der Waals surface area contributed by atoms with Crippen molar-refractivity contribution in [3.8, 4) is 0 Å². The molecule has 110 valence electrons. The van der Waals surface area contributed by atoms with Crippen LogP contribution in [0, 0.1) is 5.92 Å². The van der Waals surface area contributed by atoms with Gasteiger partial charge >= 0.3 is 5.97 Å². The van der Waals surface area contributed by atoms with Gasteiger partial charge < -0.3 is 10.4 Å². The molecular formula is C14H15N3O4. The molecule has 2 N–H and O–H groups in total. The highest BCUT2D eigenvalue weighted by Crippen LogP contribution is 2.04. The summed E-state index contributed by atoms with van der Waals surface area (Å²) >= 11 is 0. The SMILES string of the molecule is CC(C)[C@H](NC(=O)c1cnc2ccccn2c1=O)C(=O)O. The molecule has 0 saturated carbocycles. The van der Waals surface area contributed by atoms with Crippen LogP contribution in [0.1, 0.15) is 24.2 Å². The van der Waals surface area contributed by atoms with Gasteiger partial charge in [0.05, 0.1) is 0 Å². The highest BCUT2D eigenvalue weighted by molar-refractivity contribution is 5.96. The Bertz CT molecular complexity index is 751. The lowest BCUT2D eigenvalue weighted by atomic mass is 10.0. The predicted molar refractivity (Wildman–Crippen MR) is 75.2 cm³/mol. The van der Waals surface area contributed by atoms with E-state index in [0.717, 1.165) is 6.20 Å². The van der Waals surface area contributed by atoms with Crippen LogP contribution in [0.25, 0.3) is 5.65 Å². The maximum absolute atomic E-state index is 12.2. The molecule has 2 heterocycles. The standard InChI is InChI=1S/C14H15N3O4/c1-8(2)11(14(20)21)16-12(18)9-7-15-10-5-3-4-6-17(10)13(9)19/h3-8,11H,1-2H3,(H,16,18)(H,20,21)/t11-/m0/s1. The minimum Gasteiger partial charge on any atom is -0.480 e. The zero-order chi connectivity index (χ0) is 15.6. The molecule has 2 rings (SSSR count). The molecule has 1 atom stereocenters. The number of fused-ring (bicyclic) bond motifs is 1. The minimum atomic E-state index is -1.15. The average Bonchev–Trinajstić information content (AvgIpc) is 2.44. The van der Waals surface area contributed by atoms with Crippen molar-refractivity contribution < 1.29 is 14.7 Å². The van der Waals surface area contributed by atoms with Crippen LogP contribution in [-0.4, -0.2) is 32.4 Å². The van der Waals surface area contributed by atoms with Crippen LogP contribution in [0.4, 0.5) is 0 Å². The van der Waals surface area contributed by atoms with Gasteiger partial charge in [0, 0.05) is 12.4 Å². The number of rotatable bonds is 4. The molecule has 0 unspecified atom stereocenters. The molecule has 0 radical (unpaired) electrons. The molecule has 0 aliphatic heterocycles. The second kappa shape index (κ2) is 5.74. The molecule has 0 aliphatic carbocycles. The lowest BCUT2D eigenvalue weighted by Gasteiger charge is -2.17. The number of amides is 1. The molecule has 1 amide bonds. The Labute approximate surface area is 120 Å². The summed E-state index contributed by atoms with van der Waals surface area (Å²) < 4.78 is 1.24. The normalized spacial score (nSPS) is 12.3. The Hall–Kier alpha value is -2.70. The van der Waals surface area contributed by atoms with Crippen LogP contribution in [0.5, 0.6) is 0 Å². The van der Waals surface area contributed by atoms with E-state index in [9.17, 15) is 14.4 Å². The number of hydrogen-bond donors (Lipinski definition) is 2. The zero-order valence-electron chi connectivity index (χ0n) is 11.6. The fourth-order valence-electron chi connectivity index (χ4n) is 1.91. The molecule has 0 bridgehead atoms. The topological polar surface area (TPSA) is 101 Å². The second-order valence-corrected chi connectivity index (χ2v) is 4.94. The van der Waals surface area contributed by atoms with E-state index in [1.807, 2.05) is 0 Å². The number of aliphatic carboxylic acids is 1. The van der Waals surface area contributed by atoms with Gasteiger partial charge in [0.15, 0.2) is 0 Å². The number of carboxylic acid groups (broad SMARTS) is 1. The summed E-state index contributed by atoms with van der Waals surface area (Å²) in [5, 5.41) is 11.4. The zero-order valence-corrected chi connectivity index (χ0v) is 11.6. The van der Waals surface area contributed by atoms with Crippen molar-refractivity contribution in [2.24, 2.45) is 5.92 Å². The third kappa shape index (κ3) is 2.91. The van der Waals surface area contributed by atoms with Gasteiger partial charge in [0.25, 0.3) is 11.5 Å². The summed E-state index contributed by atoms with van der Waals surface area (Å²) in [4.78, 5) is 39.4. The smallest absolute Gasteiger partial charge is 0.326 e. The summed E-state index contributed by atoms with van der Waals surface area (Å²) in [6.07, 6.45) is 2.66. The van der Waals surface area contributed by atoms with E-state index in [1.165, 1.54) is 10.6 Å². The fraction of sp³-hybridized carbons (Fsp3) is 0.286. The third-order valence-corrected chi connectivity index (χ3v) is 3.08. The molecule has 0 saturated heterocycles. The number of nitrogens with zero attached hydrogens (tertiary/aromatic N) is 2. The van der Waals surface area contributed by atoms with Gasteiger partial charge in [0.1, 0.15) is 17.3 Å². The molecular weight excluding hydrogens is 274 g/mol. The molecule has 0 fully saturated rings. The van der Waals surface area contributed by atoms with Gasteiger partial charge in [-0.25, -0.2) is 9.78 Å². The highest BCUT2D eigenvalue weighted by Gasteiger charge is 2.25. The van der Waals surface area contributed by atoms with Crippen LogP contribution >= 0.6 is 0 Å². The summed E-state index contributed by atoms with van der Waals surface area (Å²) in [7, 11) is 0. The maximum atomic E-state index is 12.2. The number of hydrogen-bond acceptors (Lipinski definition) is 4. The summed E-state index contributed by atoms with van der Waals surface area (Å²) in [5.74, 6) is -2.19. The molecule has 0 spiro atoms. The van der Waals surface area contributed by atoms with E-state index in [0.29, 0.717) is 5.65 Å². The predicted octanol–water partition coefficient (Wildman–Crippen LogP) is 0.533. The monoisotopic (exact) mass is 289 g/mol. The number of carbonyl (C=O) groups excluding carboxylic acids is 1. The van der Waals surface area contributed by atoms with Crippen LogP contribution in [0.15, 0.2) is 35.4 Å². The van der Waals surface area contributed by atoms with Crippen LogP contribution < -0.4 is 10.9 Å². The second-order valence-electron chi connectivity index (χ2n) is 4.94. The lowest BCUT2D eigenvalue weighted by Crippen LogP contribution is -2.45. The third-order valence-electron chi connectivity index (χ3n) is 3.08. The van der Waals surface area contributed by atoms with Crippen LogP contribution in [-0.2, 0) is 4.79 Å². The van der Waals surface area contributed by atoms with Gasteiger partial charge in [-0.2, -0.15) is 0 Å². The van der Waals surface area contributed by atoms with Crippen molar-refractivity contribution in [3.05, 3.63) is 46.5 Å². The molecule has 2 aromatic heterocycles. The molecule has 7 nitrogen and oxygen atoms in total. The quantitative estimate of drug-likeness (QED) is 0.855. The van der Waals surface area contributed by atoms with E-state index in [1.54, 1.807) is 32.0 Å². The number of aromatic nitrogens is 2. The van der Waals surface area contributed by atoms with Crippen molar-refractivity contribution >= 4 is 17.5 Å². The van der Waals surface area contributed by atoms with Crippen molar-refractivity contribution in [3.63, 3.8) is 0 Å². The Kier molecular flexibility index (Phi) is 4.02. The molecule has 21 heavy (non-hydrogen) atoms. The van der Waals surface area contributed by atoms with E-state index in [2.05, 4.69) is 10.3 Å². The largest absolute Gasteiger partial charge is 0.480 e. The maximum Gasteiger partial charge on any atom is 0.326 e. The number of nitrogens with one attached hydrogen (secondary N) is 1. The van der Waals surface area contributed by atoms with E-state index >= 15 is 0 Å². The van der Waals surface area contributed by atoms with Gasteiger partial charge in [0.2, 0.25) is 0 Å². The molecule has 0 aliphatic rings. The van der Waals surface area contributed by atoms with Gasteiger partial charge in [-0.05, 0) is 18.1 Å². The highest BCUT2D eigenvalue weighted by atomic mass is 16.4. The lowest BCUT2D eigenvalue weighted by molar-refractivity contribution is -0.140. The van der Waals surface area contributed by atoms with E-state index < -0.39 is 23.5 Å².